The number of carbonyl (C=O) groups is 1. The zero-order valence-corrected chi connectivity index (χ0v) is 18.2. The minimum atomic E-state index is -0.436. The lowest BCUT2D eigenvalue weighted by atomic mass is 10.2. The average molecular weight is 472 g/mol. The SMILES string of the molecule is Cc1nc2ccc(NC(=O)COc3ccc(Cl)cc3Cl)cc2c(=O)n1-c1ccc(F)cc1. The van der Waals surface area contributed by atoms with Crippen molar-refractivity contribution in [1.82, 2.24) is 9.55 Å². The number of ether oxygens (including phenoxy) is 1. The quantitative estimate of drug-likeness (QED) is 0.436. The number of benzene rings is 3. The molecule has 3 aromatic carbocycles. The molecule has 0 atom stereocenters. The summed E-state index contributed by atoms with van der Waals surface area (Å²) in [5.41, 5.74) is 1.04. The van der Waals surface area contributed by atoms with Crippen LogP contribution in [0.5, 0.6) is 5.75 Å². The molecule has 0 fully saturated rings. The van der Waals surface area contributed by atoms with E-state index in [9.17, 15) is 14.0 Å². The number of anilines is 1. The molecule has 6 nitrogen and oxygen atoms in total. The highest BCUT2D eigenvalue weighted by molar-refractivity contribution is 6.35. The van der Waals surface area contributed by atoms with E-state index in [2.05, 4.69) is 10.3 Å². The molecule has 1 N–H and O–H groups in total. The van der Waals surface area contributed by atoms with Crippen molar-refractivity contribution in [3.8, 4) is 11.4 Å². The number of aromatic nitrogens is 2. The molecule has 1 amide bonds. The molecule has 9 heteroatoms. The molecule has 0 bridgehead atoms. The van der Waals surface area contributed by atoms with Gasteiger partial charge >= 0.3 is 0 Å². The Labute approximate surface area is 192 Å². The van der Waals surface area contributed by atoms with Gasteiger partial charge in [-0.25, -0.2) is 9.37 Å². The lowest BCUT2D eigenvalue weighted by Gasteiger charge is -2.12. The fourth-order valence-electron chi connectivity index (χ4n) is 3.20. The second-order valence-electron chi connectivity index (χ2n) is 6.92. The fourth-order valence-corrected chi connectivity index (χ4v) is 3.66. The first-order chi connectivity index (χ1) is 15.3. The number of amides is 1. The van der Waals surface area contributed by atoms with Gasteiger partial charge in [-0.05, 0) is 67.6 Å². The Hall–Kier alpha value is -3.42. The average Bonchev–Trinajstić information content (AvgIpc) is 2.75. The normalized spacial score (nSPS) is 10.9. The Kier molecular flexibility index (Phi) is 6.12. The fraction of sp³-hybridized carbons (Fsp3) is 0.0870. The molecule has 32 heavy (non-hydrogen) atoms. The summed E-state index contributed by atoms with van der Waals surface area (Å²) in [5, 5.41) is 3.74. The molecule has 0 unspecified atom stereocenters. The zero-order valence-electron chi connectivity index (χ0n) is 16.7. The lowest BCUT2D eigenvalue weighted by Crippen LogP contribution is -2.23. The van der Waals surface area contributed by atoms with Crippen molar-refractivity contribution in [2.24, 2.45) is 0 Å². The van der Waals surface area contributed by atoms with Crippen molar-refractivity contribution >= 4 is 45.7 Å². The van der Waals surface area contributed by atoms with Crippen LogP contribution in [0.2, 0.25) is 10.0 Å². The van der Waals surface area contributed by atoms with E-state index in [4.69, 9.17) is 27.9 Å². The number of nitrogens with zero attached hydrogens (tertiary/aromatic N) is 2. The van der Waals surface area contributed by atoms with E-state index in [1.165, 1.54) is 41.0 Å². The van der Waals surface area contributed by atoms with Gasteiger partial charge in [0.15, 0.2) is 6.61 Å². The van der Waals surface area contributed by atoms with Gasteiger partial charge in [0.2, 0.25) is 0 Å². The molecule has 0 saturated carbocycles. The number of halogens is 3. The predicted molar refractivity (Wildman–Crippen MR) is 123 cm³/mol. The molecule has 1 heterocycles. The number of nitrogens with one attached hydrogen (secondary N) is 1. The van der Waals surface area contributed by atoms with E-state index in [0.717, 1.165) is 0 Å². The van der Waals surface area contributed by atoms with Gasteiger partial charge in [0, 0.05) is 10.7 Å². The smallest absolute Gasteiger partial charge is 0.266 e. The molecular formula is C23H16Cl2FN3O3. The lowest BCUT2D eigenvalue weighted by molar-refractivity contribution is -0.118. The van der Waals surface area contributed by atoms with Gasteiger partial charge in [0.05, 0.1) is 21.6 Å². The van der Waals surface area contributed by atoms with E-state index >= 15 is 0 Å². The molecular weight excluding hydrogens is 456 g/mol. The highest BCUT2D eigenvalue weighted by atomic mass is 35.5. The molecule has 0 saturated heterocycles. The van der Waals surface area contributed by atoms with Gasteiger partial charge in [-0.1, -0.05) is 23.2 Å². The number of aryl methyl sites for hydroxylation is 1. The van der Waals surface area contributed by atoms with Gasteiger partial charge < -0.3 is 10.1 Å². The van der Waals surface area contributed by atoms with Crippen LogP contribution < -0.4 is 15.6 Å². The summed E-state index contributed by atoms with van der Waals surface area (Å²) in [5.74, 6) is -0.0553. The number of rotatable bonds is 5. The monoisotopic (exact) mass is 471 g/mol. The van der Waals surface area contributed by atoms with Crippen LogP contribution in [0.4, 0.5) is 10.1 Å². The van der Waals surface area contributed by atoms with Crippen LogP contribution in [0.15, 0.2) is 65.5 Å². The topological polar surface area (TPSA) is 73.2 Å². The third-order valence-electron chi connectivity index (χ3n) is 4.66. The van der Waals surface area contributed by atoms with Crippen LogP contribution in [-0.2, 0) is 4.79 Å². The highest BCUT2D eigenvalue weighted by Gasteiger charge is 2.12. The van der Waals surface area contributed by atoms with E-state index < -0.39 is 11.7 Å². The molecule has 4 rings (SSSR count). The summed E-state index contributed by atoms with van der Waals surface area (Å²) in [7, 11) is 0. The minimum absolute atomic E-state index is 0.286. The molecule has 0 aliphatic carbocycles. The molecule has 0 radical (unpaired) electrons. The number of fused-ring (bicyclic) bond motifs is 1. The zero-order chi connectivity index (χ0) is 22.8. The Morgan fingerprint density at radius 1 is 1.09 bits per heavy atom. The van der Waals surface area contributed by atoms with Gasteiger partial charge in [-0.15, -0.1) is 0 Å². The van der Waals surface area contributed by atoms with Gasteiger partial charge in [0.25, 0.3) is 11.5 Å². The number of hydrogen-bond acceptors (Lipinski definition) is 4. The molecule has 4 aromatic rings. The van der Waals surface area contributed by atoms with Crippen LogP contribution in [-0.4, -0.2) is 22.1 Å². The van der Waals surface area contributed by atoms with Crippen LogP contribution >= 0.6 is 23.2 Å². The maximum atomic E-state index is 13.3. The summed E-state index contributed by atoms with van der Waals surface area (Å²) >= 11 is 11.9. The summed E-state index contributed by atoms with van der Waals surface area (Å²) in [6.45, 7) is 1.41. The highest BCUT2D eigenvalue weighted by Crippen LogP contribution is 2.27. The van der Waals surface area contributed by atoms with Crippen LogP contribution in [0, 0.1) is 12.7 Å². The van der Waals surface area contributed by atoms with Gasteiger partial charge in [0.1, 0.15) is 17.4 Å². The van der Waals surface area contributed by atoms with Crippen molar-refractivity contribution in [2.75, 3.05) is 11.9 Å². The molecule has 162 valence electrons. The molecule has 0 aliphatic heterocycles. The van der Waals surface area contributed by atoms with Gasteiger partial charge in [-0.3, -0.25) is 14.2 Å². The Bertz CT molecular complexity index is 1390. The predicted octanol–water partition coefficient (Wildman–Crippen LogP) is 5.16. The van der Waals surface area contributed by atoms with E-state index in [0.29, 0.717) is 43.9 Å². The molecule has 0 aliphatic rings. The molecule has 1 aromatic heterocycles. The minimum Gasteiger partial charge on any atom is -0.482 e. The van der Waals surface area contributed by atoms with Gasteiger partial charge in [-0.2, -0.15) is 0 Å². The van der Waals surface area contributed by atoms with Crippen LogP contribution in [0.25, 0.3) is 16.6 Å². The Balaban J connectivity index is 1.58. The number of carbonyl (C=O) groups excluding carboxylic acids is 1. The summed E-state index contributed by atoms with van der Waals surface area (Å²) in [4.78, 5) is 29.9. The van der Waals surface area contributed by atoms with Crippen molar-refractivity contribution in [3.05, 3.63) is 92.7 Å². The third-order valence-corrected chi connectivity index (χ3v) is 5.19. The maximum absolute atomic E-state index is 13.3. The number of hydrogen-bond donors (Lipinski definition) is 1. The van der Waals surface area contributed by atoms with Crippen molar-refractivity contribution in [1.29, 1.82) is 0 Å². The maximum Gasteiger partial charge on any atom is 0.266 e. The van der Waals surface area contributed by atoms with Crippen molar-refractivity contribution in [2.45, 2.75) is 6.92 Å². The van der Waals surface area contributed by atoms with Crippen molar-refractivity contribution in [3.63, 3.8) is 0 Å². The first-order valence-electron chi connectivity index (χ1n) is 9.49. The summed E-state index contributed by atoms with van der Waals surface area (Å²) in [6, 6.07) is 15.1. The Morgan fingerprint density at radius 3 is 2.56 bits per heavy atom. The van der Waals surface area contributed by atoms with E-state index in [1.54, 1.807) is 31.2 Å². The largest absolute Gasteiger partial charge is 0.482 e. The second-order valence-corrected chi connectivity index (χ2v) is 7.76. The summed E-state index contributed by atoms with van der Waals surface area (Å²) in [6.07, 6.45) is 0. The first kappa shape index (κ1) is 21.8. The third kappa shape index (κ3) is 4.59. The second kappa shape index (κ2) is 8.98. The standard InChI is InChI=1S/C23H16Cl2FN3O3/c1-13-27-20-8-5-16(28-22(30)12-32-21-9-2-14(24)10-19(21)25)11-18(20)23(31)29(13)17-6-3-15(26)4-7-17/h2-11H,12H2,1H3,(H,28,30). The van der Waals surface area contributed by atoms with E-state index in [-0.39, 0.29) is 12.2 Å². The summed E-state index contributed by atoms with van der Waals surface area (Å²) < 4.78 is 20.1. The first-order valence-corrected chi connectivity index (χ1v) is 10.2. The Morgan fingerprint density at radius 2 is 1.84 bits per heavy atom. The van der Waals surface area contributed by atoms with Crippen molar-refractivity contribution < 1.29 is 13.9 Å². The molecule has 0 spiro atoms. The van der Waals surface area contributed by atoms with E-state index in [1.807, 2.05) is 0 Å². The van der Waals surface area contributed by atoms with Crippen LogP contribution in [0.3, 0.4) is 0 Å². The van der Waals surface area contributed by atoms with Crippen LogP contribution in [0.1, 0.15) is 5.82 Å².